The number of halogens is 1. The molecule has 2 amide bonds. The van der Waals surface area contributed by atoms with Gasteiger partial charge in [-0.05, 0) is 67.4 Å². The van der Waals surface area contributed by atoms with Crippen molar-refractivity contribution in [1.82, 2.24) is 4.90 Å². The summed E-state index contributed by atoms with van der Waals surface area (Å²) < 4.78 is 14.3. The first kappa shape index (κ1) is 20.7. The van der Waals surface area contributed by atoms with Crippen molar-refractivity contribution in [2.45, 2.75) is 58.8 Å². The van der Waals surface area contributed by atoms with Crippen LogP contribution >= 0.6 is 0 Å². The molecule has 2 saturated carbocycles. The zero-order chi connectivity index (χ0) is 22.0. The zero-order valence-corrected chi connectivity index (χ0v) is 18.8. The third-order valence-corrected chi connectivity index (χ3v) is 9.22. The summed E-state index contributed by atoms with van der Waals surface area (Å²) in [7, 11) is 1.88. The molecule has 1 saturated heterocycles. The second-order valence-electron chi connectivity index (χ2n) is 10.8. The van der Waals surface area contributed by atoms with E-state index in [0.29, 0.717) is 18.3 Å². The van der Waals surface area contributed by atoms with Gasteiger partial charge in [0.25, 0.3) is 0 Å². The van der Waals surface area contributed by atoms with Crippen molar-refractivity contribution in [2.24, 2.45) is 34.5 Å². The van der Waals surface area contributed by atoms with Crippen molar-refractivity contribution in [3.05, 3.63) is 41.9 Å². The fourth-order valence-corrected chi connectivity index (χ4v) is 7.83. The molecule has 5 heteroatoms. The number of hydrogen-bond donors (Lipinski definition) is 1. The highest BCUT2D eigenvalue weighted by atomic mass is 19.1. The minimum atomic E-state index is -0.397. The summed E-state index contributed by atoms with van der Waals surface area (Å²) in [5.74, 6) is 0.752. The lowest BCUT2D eigenvalue weighted by Gasteiger charge is -2.60. The van der Waals surface area contributed by atoms with Crippen LogP contribution in [0.2, 0.25) is 0 Å². The number of allylic oxidation sites excluding steroid dienone is 2. The van der Waals surface area contributed by atoms with Crippen LogP contribution in [-0.2, 0) is 9.59 Å². The first-order valence-electron chi connectivity index (χ1n) is 11.8. The van der Waals surface area contributed by atoms with Crippen molar-refractivity contribution in [3.63, 3.8) is 0 Å². The summed E-state index contributed by atoms with van der Waals surface area (Å²) in [6.45, 7) is 4.63. The van der Waals surface area contributed by atoms with Crippen molar-refractivity contribution >= 4 is 17.5 Å². The number of rotatable bonds is 2. The molecule has 1 unspecified atom stereocenters. The average Bonchev–Trinajstić information content (AvgIpc) is 3.13. The van der Waals surface area contributed by atoms with Crippen LogP contribution in [-0.4, -0.2) is 23.8 Å². The van der Waals surface area contributed by atoms with E-state index in [4.69, 9.17) is 0 Å². The SMILES string of the molecule is CN1C(=O)CC[C@@]2(C)C1=CC[C@@H]1[C@H]2C(C(=O)Nc2ccccc2F)C[C@]2(C)CCC[C@@H]12. The number of para-hydroxylation sites is 1. The molecule has 31 heavy (non-hydrogen) atoms. The van der Waals surface area contributed by atoms with E-state index in [1.54, 1.807) is 18.2 Å². The van der Waals surface area contributed by atoms with Crippen LogP contribution < -0.4 is 5.32 Å². The summed E-state index contributed by atoms with van der Waals surface area (Å²) in [5, 5.41) is 2.93. The second-order valence-corrected chi connectivity index (χ2v) is 10.8. The van der Waals surface area contributed by atoms with Crippen LogP contribution in [0.25, 0.3) is 0 Å². The normalized spacial score (nSPS) is 39.3. The van der Waals surface area contributed by atoms with Crippen LogP contribution in [0.5, 0.6) is 0 Å². The summed E-state index contributed by atoms with van der Waals surface area (Å²) in [4.78, 5) is 28.0. The molecule has 5 rings (SSSR count). The maximum Gasteiger partial charge on any atom is 0.227 e. The van der Waals surface area contributed by atoms with Gasteiger partial charge in [0.15, 0.2) is 0 Å². The van der Waals surface area contributed by atoms with E-state index in [1.165, 1.54) is 18.9 Å². The summed E-state index contributed by atoms with van der Waals surface area (Å²) >= 11 is 0. The number of nitrogens with one attached hydrogen (secondary N) is 1. The molecular weight excluding hydrogens is 391 g/mol. The van der Waals surface area contributed by atoms with Crippen LogP contribution in [0.1, 0.15) is 58.8 Å². The van der Waals surface area contributed by atoms with E-state index in [1.807, 2.05) is 11.9 Å². The molecule has 1 aromatic rings. The fraction of sp³-hybridized carbons (Fsp3) is 0.615. The highest BCUT2D eigenvalue weighted by Gasteiger charge is 2.61. The smallest absolute Gasteiger partial charge is 0.227 e. The molecule has 0 bridgehead atoms. The van der Waals surface area contributed by atoms with E-state index in [2.05, 4.69) is 25.2 Å². The lowest BCUT2D eigenvalue weighted by molar-refractivity contribution is -0.143. The minimum Gasteiger partial charge on any atom is -0.323 e. The molecule has 3 fully saturated rings. The Morgan fingerprint density at radius 3 is 2.77 bits per heavy atom. The highest BCUT2D eigenvalue weighted by Crippen LogP contribution is 2.66. The van der Waals surface area contributed by atoms with Gasteiger partial charge in [-0.3, -0.25) is 9.59 Å². The summed E-state index contributed by atoms with van der Waals surface area (Å²) in [6, 6.07) is 6.41. The first-order chi connectivity index (χ1) is 14.7. The average molecular weight is 425 g/mol. The molecule has 6 atom stereocenters. The monoisotopic (exact) mass is 424 g/mol. The topological polar surface area (TPSA) is 49.4 Å². The first-order valence-corrected chi connectivity index (χ1v) is 11.8. The molecule has 3 aliphatic carbocycles. The van der Waals surface area contributed by atoms with Crippen molar-refractivity contribution in [1.29, 1.82) is 0 Å². The Kier molecular flexibility index (Phi) is 4.80. The Morgan fingerprint density at radius 1 is 1.23 bits per heavy atom. The van der Waals surface area contributed by atoms with Crippen LogP contribution in [0.15, 0.2) is 36.0 Å². The molecule has 0 aromatic heterocycles. The molecule has 1 heterocycles. The number of hydrogen-bond acceptors (Lipinski definition) is 2. The van der Waals surface area contributed by atoms with Gasteiger partial charge in [-0.25, -0.2) is 4.39 Å². The van der Waals surface area contributed by atoms with E-state index in [0.717, 1.165) is 31.4 Å². The van der Waals surface area contributed by atoms with Gasteiger partial charge in [0.05, 0.1) is 5.69 Å². The van der Waals surface area contributed by atoms with E-state index in [9.17, 15) is 14.0 Å². The molecule has 1 aliphatic heterocycles. The maximum atomic E-state index is 14.3. The number of piperidine rings is 1. The summed E-state index contributed by atoms with van der Waals surface area (Å²) in [5.41, 5.74) is 1.31. The van der Waals surface area contributed by atoms with Crippen LogP contribution in [0.4, 0.5) is 10.1 Å². The minimum absolute atomic E-state index is 0.0614. The highest BCUT2D eigenvalue weighted by molar-refractivity contribution is 5.93. The van der Waals surface area contributed by atoms with Crippen molar-refractivity contribution in [3.8, 4) is 0 Å². The van der Waals surface area contributed by atoms with Gasteiger partial charge in [-0.1, -0.05) is 38.5 Å². The van der Waals surface area contributed by atoms with Gasteiger partial charge in [0.1, 0.15) is 5.82 Å². The van der Waals surface area contributed by atoms with Crippen molar-refractivity contribution in [2.75, 3.05) is 12.4 Å². The molecule has 1 N–H and O–H groups in total. The quantitative estimate of drug-likeness (QED) is 0.694. The maximum absolute atomic E-state index is 14.3. The Hall–Kier alpha value is -2.17. The molecule has 4 aliphatic rings. The second kappa shape index (κ2) is 7.18. The molecule has 0 spiro atoms. The molecule has 0 radical (unpaired) electrons. The van der Waals surface area contributed by atoms with E-state index < -0.39 is 5.82 Å². The van der Waals surface area contributed by atoms with Gasteiger partial charge in [-0.15, -0.1) is 0 Å². The number of carbonyl (C=O) groups is 2. The number of likely N-dealkylation sites (tertiary alicyclic amines) is 1. The van der Waals surface area contributed by atoms with Crippen LogP contribution in [0.3, 0.4) is 0 Å². The Labute approximate surface area is 184 Å². The number of amides is 2. The Balaban J connectivity index is 1.55. The van der Waals surface area contributed by atoms with Crippen LogP contribution in [0, 0.1) is 40.3 Å². The Morgan fingerprint density at radius 2 is 2.00 bits per heavy atom. The van der Waals surface area contributed by atoms with Gasteiger partial charge in [0, 0.05) is 30.5 Å². The summed E-state index contributed by atoms with van der Waals surface area (Å²) in [6.07, 6.45) is 8.99. The predicted molar refractivity (Wildman–Crippen MR) is 118 cm³/mol. The van der Waals surface area contributed by atoms with E-state index in [-0.39, 0.29) is 40.2 Å². The number of benzene rings is 1. The molecule has 1 aromatic carbocycles. The lowest BCUT2D eigenvalue weighted by Crippen LogP contribution is -2.58. The Bertz CT molecular complexity index is 958. The molecule has 166 valence electrons. The van der Waals surface area contributed by atoms with Crippen molar-refractivity contribution < 1.29 is 14.0 Å². The van der Waals surface area contributed by atoms with Gasteiger partial charge < -0.3 is 10.2 Å². The number of anilines is 1. The lowest BCUT2D eigenvalue weighted by atomic mass is 9.46. The predicted octanol–water partition coefficient (Wildman–Crippen LogP) is 5.37. The third-order valence-electron chi connectivity index (χ3n) is 9.22. The van der Waals surface area contributed by atoms with Gasteiger partial charge in [0.2, 0.25) is 11.8 Å². The number of fused-ring (bicyclic) bond motifs is 5. The van der Waals surface area contributed by atoms with Gasteiger partial charge >= 0.3 is 0 Å². The largest absolute Gasteiger partial charge is 0.323 e. The molecular formula is C26H33FN2O2. The standard InChI is InChI=1S/C26H33FN2O2/c1-25-13-6-7-18(25)16-10-11-21-26(2,14-12-22(30)29(21)3)23(16)17(15-25)24(31)28-20-9-5-4-8-19(20)27/h4-5,8-9,11,16-18,23H,6-7,10,12-15H2,1-3H3,(H,28,31)/t16-,17?,18-,23-,25-,26-/m0/s1. The molecule has 4 nitrogen and oxygen atoms in total. The number of carbonyl (C=O) groups excluding carboxylic acids is 2. The third kappa shape index (κ3) is 3.07. The zero-order valence-electron chi connectivity index (χ0n) is 18.8. The van der Waals surface area contributed by atoms with Gasteiger partial charge in [-0.2, -0.15) is 0 Å². The number of nitrogens with zero attached hydrogens (tertiary/aromatic N) is 1. The van der Waals surface area contributed by atoms with E-state index >= 15 is 0 Å². The fourth-order valence-electron chi connectivity index (χ4n) is 7.83.